The Morgan fingerprint density at radius 3 is 1.89 bits per heavy atom. The number of hydrogen-bond donors (Lipinski definition) is 0. The van der Waals surface area contributed by atoms with E-state index in [1.54, 1.807) is 0 Å². The lowest BCUT2D eigenvalue weighted by Gasteiger charge is -2.32. The normalized spacial score (nSPS) is 14.8. The first-order valence-electron chi connectivity index (χ1n) is 19.0. The van der Waals surface area contributed by atoms with Gasteiger partial charge in [-0.2, -0.15) is 0 Å². The summed E-state index contributed by atoms with van der Waals surface area (Å²) in [5.74, 6) is 2.06. The maximum Gasteiger partial charge on any atom is 0.306 e. The standard InChI is InChI=1S/C39H70N2O4/c1-5-8-10-11-12-13-14-15-16-17-18-19-20-29-43-37-30-36(31-38(32-37)44-33-35(7-3)22-9-6-2)34-45-39(42)23-21-24-41-27-25-40(4)26-28-41/h30-32,35H,5-29,33-34H2,1-4H3. The Balaban J connectivity index is 1.73. The van der Waals surface area contributed by atoms with Crippen molar-refractivity contribution < 1.29 is 19.0 Å². The zero-order valence-electron chi connectivity index (χ0n) is 29.9. The van der Waals surface area contributed by atoms with Crippen LogP contribution in [0.3, 0.4) is 0 Å². The van der Waals surface area contributed by atoms with Crippen LogP contribution < -0.4 is 9.47 Å². The maximum atomic E-state index is 12.5. The summed E-state index contributed by atoms with van der Waals surface area (Å²) in [5, 5.41) is 0. The fourth-order valence-electron chi connectivity index (χ4n) is 6.06. The molecular formula is C39H70N2O4. The number of nitrogens with zero attached hydrogens (tertiary/aromatic N) is 2. The summed E-state index contributed by atoms with van der Waals surface area (Å²) in [6, 6.07) is 6.04. The third kappa shape index (κ3) is 20.1. The summed E-state index contributed by atoms with van der Waals surface area (Å²) in [6.45, 7) is 13.8. The Labute approximate surface area is 277 Å². The molecule has 0 amide bonds. The van der Waals surface area contributed by atoms with E-state index in [1.165, 1.54) is 96.3 Å². The van der Waals surface area contributed by atoms with Gasteiger partial charge in [-0.05, 0) is 56.5 Å². The van der Waals surface area contributed by atoms with Crippen molar-refractivity contribution in [1.29, 1.82) is 0 Å². The average Bonchev–Trinajstić information content (AvgIpc) is 3.05. The smallest absolute Gasteiger partial charge is 0.306 e. The van der Waals surface area contributed by atoms with E-state index in [9.17, 15) is 4.79 Å². The zero-order chi connectivity index (χ0) is 32.4. The van der Waals surface area contributed by atoms with Gasteiger partial charge < -0.3 is 24.0 Å². The number of hydrogen-bond acceptors (Lipinski definition) is 6. The van der Waals surface area contributed by atoms with Crippen LogP contribution in [0, 0.1) is 5.92 Å². The molecule has 0 spiro atoms. The van der Waals surface area contributed by atoms with E-state index in [0.29, 0.717) is 25.6 Å². The predicted octanol–water partition coefficient (Wildman–Crippen LogP) is 9.82. The molecule has 1 saturated heterocycles. The van der Waals surface area contributed by atoms with Crippen molar-refractivity contribution in [3.63, 3.8) is 0 Å². The first-order valence-corrected chi connectivity index (χ1v) is 19.0. The Morgan fingerprint density at radius 2 is 1.29 bits per heavy atom. The second-order valence-electron chi connectivity index (χ2n) is 13.5. The highest BCUT2D eigenvalue weighted by atomic mass is 16.5. The number of piperazine rings is 1. The summed E-state index contributed by atoms with van der Waals surface area (Å²) < 4.78 is 18.2. The second-order valence-corrected chi connectivity index (χ2v) is 13.5. The van der Waals surface area contributed by atoms with Gasteiger partial charge in [0, 0.05) is 38.7 Å². The number of esters is 1. The molecular weight excluding hydrogens is 560 g/mol. The first-order chi connectivity index (χ1) is 22.0. The molecule has 0 radical (unpaired) electrons. The van der Waals surface area contributed by atoms with Crippen LogP contribution in [0.1, 0.15) is 148 Å². The number of rotatable bonds is 28. The molecule has 1 atom stereocenters. The van der Waals surface area contributed by atoms with Gasteiger partial charge in [-0.25, -0.2) is 0 Å². The molecule has 1 unspecified atom stereocenters. The Kier molecular flexibility index (Phi) is 23.0. The fraction of sp³-hybridized carbons (Fsp3) is 0.821. The van der Waals surface area contributed by atoms with Crippen LogP contribution in [-0.4, -0.2) is 68.8 Å². The number of carbonyl (C=O) groups is 1. The third-order valence-electron chi connectivity index (χ3n) is 9.34. The molecule has 0 N–H and O–H groups in total. The molecule has 0 aliphatic carbocycles. The molecule has 1 aliphatic heterocycles. The topological polar surface area (TPSA) is 51.2 Å². The number of unbranched alkanes of at least 4 members (excludes halogenated alkanes) is 13. The molecule has 2 rings (SSSR count). The summed E-state index contributed by atoms with van der Waals surface area (Å²) in [6.07, 6.45) is 23.5. The molecule has 45 heavy (non-hydrogen) atoms. The highest BCUT2D eigenvalue weighted by Gasteiger charge is 2.15. The van der Waals surface area contributed by atoms with Crippen molar-refractivity contribution in [2.75, 3.05) is 53.0 Å². The number of carbonyl (C=O) groups excluding carboxylic acids is 1. The molecule has 260 valence electrons. The summed E-state index contributed by atoms with van der Waals surface area (Å²) >= 11 is 0. The molecule has 1 heterocycles. The van der Waals surface area contributed by atoms with E-state index in [0.717, 1.165) is 69.0 Å². The van der Waals surface area contributed by atoms with Gasteiger partial charge in [-0.1, -0.05) is 117 Å². The molecule has 1 fully saturated rings. The minimum atomic E-state index is -0.129. The van der Waals surface area contributed by atoms with Gasteiger partial charge in [0.25, 0.3) is 0 Å². The van der Waals surface area contributed by atoms with Gasteiger partial charge in [0.2, 0.25) is 0 Å². The minimum Gasteiger partial charge on any atom is -0.493 e. The largest absolute Gasteiger partial charge is 0.493 e. The van der Waals surface area contributed by atoms with Crippen LogP contribution in [-0.2, 0) is 16.1 Å². The Bertz CT molecular complexity index is 855. The van der Waals surface area contributed by atoms with Gasteiger partial charge in [0.15, 0.2) is 0 Å². The van der Waals surface area contributed by atoms with E-state index in [1.807, 2.05) is 18.2 Å². The molecule has 6 heteroatoms. The highest BCUT2D eigenvalue weighted by Crippen LogP contribution is 2.26. The highest BCUT2D eigenvalue weighted by molar-refractivity contribution is 5.69. The van der Waals surface area contributed by atoms with Gasteiger partial charge in [-0.15, -0.1) is 0 Å². The van der Waals surface area contributed by atoms with Crippen molar-refractivity contribution in [2.45, 2.75) is 149 Å². The fourth-order valence-corrected chi connectivity index (χ4v) is 6.06. The number of ether oxygens (including phenoxy) is 3. The van der Waals surface area contributed by atoms with Crippen LogP contribution in [0.4, 0.5) is 0 Å². The molecule has 1 aliphatic rings. The van der Waals surface area contributed by atoms with Crippen LogP contribution in [0.2, 0.25) is 0 Å². The van der Waals surface area contributed by atoms with Gasteiger partial charge in [-0.3, -0.25) is 4.79 Å². The molecule has 6 nitrogen and oxygen atoms in total. The van der Waals surface area contributed by atoms with Crippen molar-refractivity contribution in [1.82, 2.24) is 9.80 Å². The van der Waals surface area contributed by atoms with E-state index in [4.69, 9.17) is 14.2 Å². The van der Waals surface area contributed by atoms with Crippen LogP contribution in [0.5, 0.6) is 11.5 Å². The SMILES string of the molecule is CCCCCCCCCCCCCCCOc1cc(COC(=O)CCCN2CCN(C)CC2)cc(OCC(CC)CCCC)c1. The quantitative estimate of drug-likeness (QED) is 0.0679. The van der Waals surface area contributed by atoms with E-state index < -0.39 is 0 Å². The van der Waals surface area contributed by atoms with E-state index in [2.05, 4.69) is 37.6 Å². The van der Waals surface area contributed by atoms with Crippen molar-refractivity contribution in [3.05, 3.63) is 23.8 Å². The predicted molar refractivity (Wildman–Crippen MR) is 189 cm³/mol. The lowest BCUT2D eigenvalue weighted by atomic mass is 10.0. The molecule has 1 aromatic rings. The van der Waals surface area contributed by atoms with Crippen LogP contribution in [0.25, 0.3) is 0 Å². The zero-order valence-corrected chi connectivity index (χ0v) is 29.9. The van der Waals surface area contributed by atoms with Crippen LogP contribution in [0.15, 0.2) is 18.2 Å². The van der Waals surface area contributed by atoms with Crippen molar-refractivity contribution in [3.8, 4) is 11.5 Å². The lowest BCUT2D eigenvalue weighted by Crippen LogP contribution is -2.44. The van der Waals surface area contributed by atoms with Crippen molar-refractivity contribution >= 4 is 5.97 Å². The van der Waals surface area contributed by atoms with Crippen LogP contribution >= 0.6 is 0 Å². The van der Waals surface area contributed by atoms with Gasteiger partial charge in [0.05, 0.1) is 13.2 Å². The maximum absolute atomic E-state index is 12.5. The van der Waals surface area contributed by atoms with Gasteiger partial charge in [0.1, 0.15) is 18.1 Å². The van der Waals surface area contributed by atoms with Gasteiger partial charge >= 0.3 is 5.97 Å². The lowest BCUT2D eigenvalue weighted by molar-refractivity contribution is -0.145. The summed E-state index contributed by atoms with van der Waals surface area (Å²) in [5.41, 5.74) is 0.932. The average molecular weight is 631 g/mol. The molecule has 0 aromatic heterocycles. The molecule has 0 bridgehead atoms. The van der Waals surface area contributed by atoms with Crippen molar-refractivity contribution in [2.24, 2.45) is 5.92 Å². The Morgan fingerprint density at radius 1 is 0.711 bits per heavy atom. The Hall–Kier alpha value is -1.79. The third-order valence-corrected chi connectivity index (χ3v) is 9.34. The second kappa shape index (κ2) is 26.3. The summed E-state index contributed by atoms with van der Waals surface area (Å²) in [7, 11) is 2.17. The van der Waals surface area contributed by atoms with E-state index in [-0.39, 0.29) is 12.6 Å². The molecule has 1 aromatic carbocycles. The number of benzene rings is 1. The first kappa shape index (κ1) is 39.4. The number of likely N-dealkylation sites (N-methyl/N-ethyl adjacent to an activating group) is 1. The summed E-state index contributed by atoms with van der Waals surface area (Å²) in [4.78, 5) is 17.3. The molecule has 0 saturated carbocycles. The van der Waals surface area contributed by atoms with E-state index >= 15 is 0 Å². The monoisotopic (exact) mass is 631 g/mol. The minimum absolute atomic E-state index is 0.129.